The number of urea groups is 1. The number of nitrogens with one attached hydrogen (secondary N) is 2. The van der Waals surface area contributed by atoms with Crippen LogP contribution < -0.4 is 20.4 Å². The Balaban J connectivity index is 0.770. The van der Waals surface area contributed by atoms with Crippen LogP contribution in [-0.2, 0) is 15.2 Å². The van der Waals surface area contributed by atoms with E-state index in [1.807, 2.05) is 52.2 Å². The van der Waals surface area contributed by atoms with Gasteiger partial charge >= 0.3 is 6.03 Å². The van der Waals surface area contributed by atoms with Gasteiger partial charge < -0.3 is 20.2 Å². The molecule has 1 saturated carbocycles. The molecule has 0 unspecified atom stereocenters. The highest BCUT2D eigenvalue weighted by Gasteiger charge is 2.38. The highest BCUT2D eigenvalue weighted by atomic mass is 16.3. The Morgan fingerprint density at radius 1 is 0.915 bits per heavy atom. The number of piperazine rings is 1. The molecule has 0 atom stereocenters. The normalized spacial score (nSPS) is 20.7. The zero-order valence-corrected chi connectivity index (χ0v) is 33.2. The third kappa shape index (κ3) is 7.47. The summed E-state index contributed by atoms with van der Waals surface area (Å²) in [5, 5.41) is 35.8. The summed E-state index contributed by atoms with van der Waals surface area (Å²) in [6, 6.07) is 18.9. The molecule has 0 spiro atoms. The number of benzene rings is 2. The van der Waals surface area contributed by atoms with E-state index < -0.39 is 11.6 Å². The molecular formula is C43H47N11O5. The van der Waals surface area contributed by atoms with Crippen LogP contribution >= 0.6 is 0 Å². The molecule has 59 heavy (non-hydrogen) atoms. The molecule has 16 heteroatoms. The number of carbonyl (C=O) groups excluding carboxylic acids is 4. The van der Waals surface area contributed by atoms with Crippen LogP contribution in [0.2, 0.25) is 0 Å². The Hall–Kier alpha value is -6.31. The first-order chi connectivity index (χ1) is 28.4. The second-order valence-electron chi connectivity index (χ2n) is 16.7. The first kappa shape index (κ1) is 38.2. The van der Waals surface area contributed by atoms with Gasteiger partial charge in [-0.15, -0.1) is 0 Å². The van der Waals surface area contributed by atoms with Gasteiger partial charge in [0.15, 0.2) is 0 Å². The van der Waals surface area contributed by atoms with Gasteiger partial charge in [-0.1, -0.05) is 0 Å². The minimum atomic E-state index is -1.25. The molecule has 4 aliphatic rings. The van der Waals surface area contributed by atoms with Crippen LogP contribution in [0.1, 0.15) is 73.6 Å². The molecule has 0 bridgehead atoms. The van der Waals surface area contributed by atoms with Gasteiger partial charge in [-0.2, -0.15) is 15.5 Å². The lowest BCUT2D eigenvalue weighted by molar-refractivity contribution is -0.138. The van der Waals surface area contributed by atoms with Gasteiger partial charge in [-0.05, 0) is 94.1 Å². The fraction of sp³-hybridized carbons (Fsp3) is 0.419. The van der Waals surface area contributed by atoms with E-state index in [2.05, 4.69) is 31.6 Å². The average molecular weight is 798 g/mol. The molecule has 9 rings (SSSR count). The van der Waals surface area contributed by atoms with Crippen molar-refractivity contribution >= 4 is 57.2 Å². The van der Waals surface area contributed by atoms with Gasteiger partial charge in [0.2, 0.25) is 11.8 Å². The van der Waals surface area contributed by atoms with Crippen molar-refractivity contribution in [3.8, 4) is 6.07 Å². The van der Waals surface area contributed by atoms with Crippen molar-refractivity contribution < 1.29 is 24.3 Å². The van der Waals surface area contributed by atoms with E-state index in [0.717, 1.165) is 74.1 Å². The van der Waals surface area contributed by atoms with Gasteiger partial charge in [0.25, 0.3) is 5.91 Å². The number of aliphatic hydroxyl groups is 1. The quantitative estimate of drug-likeness (QED) is 0.205. The number of carbonyl (C=O) groups is 4. The van der Waals surface area contributed by atoms with Gasteiger partial charge in [-0.3, -0.25) is 34.2 Å². The summed E-state index contributed by atoms with van der Waals surface area (Å²) in [4.78, 5) is 59.0. The smallest absolute Gasteiger partial charge is 0.328 e. The minimum Gasteiger partial charge on any atom is -0.386 e. The number of hydrogen-bond acceptors (Lipinski definition) is 10. The molecule has 6 heterocycles. The maximum Gasteiger partial charge on any atom is 0.328 e. The van der Waals surface area contributed by atoms with Crippen molar-refractivity contribution in [2.24, 2.45) is 5.92 Å². The van der Waals surface area contributed by atoms with E-state index >= 15 is 0 Å². The first-order valence-corrected chi connectivity index (χ1v) is 20.4. The maximum atomic E-state index is 13.5. The van der Waals surface area contributed by atoms with Gasteiger partial charge in [-0.25, -0.2) is 9.31 Å². The minimum absolute atomic E-state index is 0.0243. The zero-order chi connectivity index (χ0) is 41.0. The fourth-order valence-corrected chi connectivity index (χ4v) is 9.06. The van der Waals surface area contributed by atoms with Crippen molar-refractivity contribution in [1.82, 2.24) is 34.5 Å². The molecule has 4 fully saturated rings. The molecule has 0 radical (unpaired) electrons. The van der Waals surface area contributed by atoms with E-state index in [1.54, 1.807) is 36.9 Å². The van der Waals surface area contributed by atoms with Crippen LogP contribution in [0.15, 0.2) is 67.0 Å². The van der Waals surface area contributed by atoms with Crippen molar-refractivity contribution in [1.29, 1.82) is 5.26 Å². The highest BCUT2D eigenvalue weighted by Crippen LogP contribution is 2.36. The largest absolute Gasteiger partial charge is 0.386 e. The molecular weight excluding hydrogens is 751 g/mol. The Kier molecular flexibility index (Phi) is 9.80. The standard InChI is InChI=1S/C43H47N11O5/c1-43(2,59)35-21-36-28(20-37(35)46-40(56)38-12-11-34-19-27(22-44)23-45-54(34)38)26-53(48-36)33-9-5-30(6-10-33)49-15-17-50(18-16-49)41(57)29-24-51(25-29)31-3-7-32(8-4-31)52-14-13-39(55)47-42(52)58/h3-4,7-8,11-12,19-21,23,26,29-30,33,59H,5-6,9-10,13-18,24-25H2,1-2H3,(H,46,56)(H,47,55,58). The molecule has 3 aliphatic heterocycles. The summed E-state index contributed by atoms with van der Waals surface area (Å²) in [5.41, 5.74) is 3.65. The van der Waals surface area contributed by atoms with E-state index in [-0.39, 0.29) is 36.1 Å². The molecule has 5 amide bonds. The second kappa shape index (κ2) is 15.1. The van der Waals surface area contributed by atoms with E-state index in [9.17, 15) is 29.5 Å². The lowest BCUT2D eigenvalue weighted by Gasteiger charge is -2.45. The summed E-state index contributed by atoms with van der Waals surface area (Å²) in [5.74, 6) is -0.439. The number of anilines is 3. The molecule has 5 aromatic rings. The maximum absolute atomic E-state index is 13.5. The fourth-order valence-electron chi connectivity index (χ4n) is 9.06. The number of nitriles is 1. The van der Waals surface area contributed by atoms with Crippen LogP contribution in [0.5, 0.6) is 0 Å². The van der Waals surface area contributed by atoms with Gasteiger partial charge in [0.05, 0.1) is 40.4 Å². The molecule has 3 saturated heterocycles. The van der Waals surface area contributed by atoms with Crippen LogP contribution in [0.3, 0.4) is 0 Å². The monoisotopic (exact) mass is 797 g/mol. The third-order valence-corrected chi connectivity index (χ3v) is 12.4. The zero-order valence-electron chi connectivity index (χ0n) is 33.2. The lowest BCUT2D eigenvalue weighted by atomic mass is 9.89. The van der Waals surface area contributed by atoms with E-state index in [4.69, 9.17) is 5.10 Å². The summed E-state index contributed by atoms with van der Waals surface area (Å²) < 4.78 is 3.53. The SMILES string of the molecule is CC(C)(O)c1cc2nn(C3CCC(N4CCN(C(=O)C5CN(c6ccc(N7CCC(=O)NC7=O)cc6)C5)CC4)CC3)cc2cc1NC(=O)c1ccc2cc(C#N)cnn12. The third-order valence-electron chi connectivity index (χ3n) is 12.4. The van der Waals surface area contributed by atoms with Gasteiger partial charge in [0, 0.05) is 92.5 Å². The van der Waals surface area contributed by atoms with Crippen LogP contribution in [0.4, 0.5) is 21.9 Å². The van der Waals surface area contributed by atoms with Crippen molar-refractivity contribution in [3.63, 3.8) is 0 Å². The molecule has 1 aliphatic carbocycles. The predicted octanol–water partition coefficient (Wildman–Crippen LogP) is 4.25. The molecule has 16 nitrogen and oxygen atoms in total. The van der Waals surface area contributed by atoms with Gasteiger partial charge in [0.1, 0.15) is 11.8 Å². The van der Waals surface area contributed by atoms with Crippen molar-refractivity contribution in [3.05, 3.63) is 83.8 Å². The Morgan fingerprint density at radius 2 is 1.63 bits per heavy atom. The van der Waals surface area contributed by atoms with E-state index in [1.165, 1.54) is 10.7 Å². The van der Waals surface area contributed by atoms with Crippen LogP contribution in [0, 0.1) is 17.2 Å². The van der Waals surface area contributed by atoms with Crippen molar-refractivity contribution in [2.45, 2.75) is 63.6 Å². The summed E-state index contributed by atoms with van der Waals surface area (Å²) in [6.07, 6.45) is 7.77. The Bertz CT molecular complexity index is 2490. The predicted molar refractivity (Wildman–Crippen MR) is 220 cm³/mol. The van der Waals surface area contributed by atoms with Crippen LogP contribution in [-0.4, -0.2) is 110 Å². The van der Waals surface area contributed by atoms with Crippen LogP contribution in [0.25, 0.3) is 16.4 Å². The molecule has 2 aromatic carbocycles. The number of nitrogens with zero attached hydrogens (tertiary/aromatic N) is 9. The summed E-state index contributed by atoms with van der Waals surface area (Å²) in [7, 11) is 0. The van der Waals surface area contributed by atoms with E-state index in [0.29, 0.717) is 53.7 Å². The number of aromatic nitrogens is 4. The lowest BCUT2D eigenvalue weighted by Crippen LogP contribution is -2.59. The molecule has 3 N–H and O–H groups in total. The Morgan fingerprint density at radius 3 is 2.32 bits per heavy atom. The Labute approximate surface area is 340 Å². The number of amides is 5. The molecule has 3 aromatic heterocycles. The summed E-state index contributed by atoms with van der Waals surface area (Å²) >= 11 is 0. The van der Waals surface area contributed by atoms with Crippen molar-refractivity contribution in [2.75, 3.05) is 60.9 Å². The second-order valence-corrected chi connectivity index (χ2v) is 16.7. The number of hydrogen-bond donors (Lipinski definition) is 3. The topological polar surface area (TPSA) is 184 Å². The molecule has 304 valence electrons. The highest BCUT2D eigenvalue weighted by molar-refractivity contribution is 6.06. The number of fused-ring (bicyclic) bond motifs is 2. The average Bonchev–Trinajstić information content (AvgIpc) is 3.84. The summed E-state index contributed by atoms with van der Waals surface area (Å²) in [6.45, 7) is 8.28. The number of imide groups is 1. The number of rotatable bonds is 8. The first-order valence-electron chi connectivity index (χ1n) is 20.4.